The minimum Gasteiger partial charge on any atom is -0.342 e. The van der Waals surface area contributed by atoms with Crippen molar-refractivity contribution in [1.29, 1.82) is 0 Å². The molecule has 1 aromatic rings. The molecule has 4 heteroatoms. The van der Waals surface area contributed by atoms with Gasteiger partial charge in [-0.3, -0.25) is 15.8 Å². The SMILES string of the molecule is CN=C(NNc1c(C)cccc1C)N1CCCCC1. The van der Waals surface area contributed by atoms with Crippen LogP contribution in [0.2, 0.25) is 0 Å². The Hall–Kier alpha value is -1.71. The van der Waals surface area contributed by atoms with Crippen LogP contribution < -0.4 is 10.9 Å². The van der Waals surface area contributed by atoms with E-state index in [1.165, 1.54) is 30.4 Å². The number of benzene rings is 1. The molecule has 1 saturated heterocycles. The number of hydrazine groups is 1. The fraction of sp³-hybridized carbons (Fsp3) is 0.533. The van der Waals surface area contributed by atoms with Gasteiger partial charge in [0.15, 0.2) is 0 Å². The number of guanidine groups is 1. The van der Waals surface area contributed by atoms with Gasteiger partial charge in [-0.2, -0.15) is 0 Å². The summed E-state index contributed by atoms with van der Waals surface area (Å²) in [4.78, 5) is 6.66. The number of piperidine rings is 1. The number of aliphatic imine (C=N–C) groups is 1. The average Bonchev–Trinajstić information content (AvgIpc) is 2.43. The van der Waals surface area contributed by atoms with Crippen molar-refractivity contribution in [2.75, 3.05) is 25.6 Å². The van der Waals surface area contributed by atoms with E-state index < -0.39 is 0 Å². The maximum absolute atomic E-state index is 4.36. The molecule has 0 unspecified atom stereocenters. The molecule has 0 amide bonds. The molecule has 1 heterocycles. The summed E-state index contributed by atoms with van der Waals surface area (Å²) in [5, 5.41) is 0. The van der Waals surface area contributed by atoms with E-state index in [9.17, 15) is 0 Å². The zero-order valence-electron chi connectivity index (χ0n) is 12.2. The first kappa shape index (κ1) is 13.7. The molecule has 19 heavy (non-hydrogen) atoms. The van der Waals surface area contributed by atoms with Crippen LogP contribution in [0.25, 0.3) is 0 Å². The quantitative estimate of drug-likeness (QED) is 0.488. The monoisotopic (exact) mass is 260 g/mol. The molecule has 2 rings (SSSR count). The maximum atomic E-state index is 4.36. The summed E-state index contributed by atoms with van der Waals surface area (Å²) < 4.78 is 0. The Morgan fingerprint density at radius 3 is 2.32 bits per heavy atom. The van der Waals surface area contributed by atoms with E-state index in [1.54, 1.807) is 0 Å². The Labute approximate surface area is 115 Å². The molecule has 0 spiro atoms. The summed E-state index contributed by atoms with van der Waals surface area (Å²) in [6.07, 6.45) is 3.84. The van der Waals surface area contributed by atoms with Crippen LogP contribution in [0.4, 0.5) is 5.69 Å². The van der Waals surface area contributed by atoms with Gasteiger partial charge in [-0.25, -0.2) is 0 Å². The van der Waals surface area contributed by atoms with Crippen molar-refractivity contribution in [3.63, 3.8) is 0 Å². The van der Waals surface area contributed by atoms with Crippen molar-refractivity contribution in [1.82, 2.24) is 10.3 Å². The number of para-hydroxylation sites is 1. The minimum absolute atomic E-state index is 0.933. The predicted molar refractivity (Wildman–Crippen MR) is 81.5 cm³/mol. The van der Waals surface area contributed by atoms with Crippen molar-refractivity contribution in [3.8, 4) is 0 Å². The lowest BCUT2D eigenvalue weighted by Crippen LogP contribution is -2.46. The molecule has 0 aromatic heterocycles. The summed E-state index contributed by atoms with van der Waals surface area (Å²) in [5.41, 5.74) is 10.2. The van der Waals surface area contributed by atoms with Crippen molar-refractivity contribution in [2.45, 2.75) is 33.1 Å². The number of aryl methyl sites for hydroxylation is 2. The van der Waals surface area contributed by atoms with Crippen LogP contribution in [0.3, 0.4) is 0 Å². The lowest BCUT2D eigenvalue weighted by atomic mass is 10.1. The highest BCUT2D eigenvalue weighted by atomic mass is 15.5. The molecule has 1 aliphatic heterocycles. The highest BCUT2D eigenvalue weighted by Gasteiger charge is 2.14. The van der Waals surface area contributed by atoms with Crippen LogP contribution in [0.5, 0.6) is 0 Å². The Kier molecular flexibility index (Phi) is 4.66. The number of hydrogen-bond donors (Lipinski definition) is 2. The second-order valence-electron chi connectivity index (χ2n) is 5.11. The normalized spacial score (nSPS) is 16.4. The average molecular weight is 260 g/mol. The van der Waals surface area contributed by atoms with E-state index in [1.807, 2.05) is 7.05 Å². The molecule has 1 aliphatic rings. The van der Waals surface area contributed by atoms with E-state index in [-0.39, 0.29) is 0 Å². The standard InChI is InChI=1S/C15H24N4/c1-12-8-7-9-13(2)14(12)17-18-15(16-3)19-10-5-4-6-11-19/h7-9,17H,4-6,10-11H2,1-3H3,(H,16,18). The third kappa shape index (κ3) is 3.40. The Morgan fingerprint density at radius 2 is 1.74 bits per heavy atom. The number of nitrogens with one attached hydrogen (secondary N) is 2. The van der Waals surface area contributed by atoms with Gasteiger partial charge in [-0.1, -0.05) is 18.2 Å². The first-order valence-electron chi connectivity index (χ1n) is 7.02. The summed E-state index contributed by atoms with van der Waals surface area (Å²) in [6, 6.07) is 6.30. The first-order chi connectivity index (χ1) is 9.22. The second-order valence-corrected chi connectivity index (χ2v) is 5.11. The van der Waals surface area contributed by atoms with Crippen molar-refractivity contribution < 1.29 is 0 Å². The van der Waals surface area contributed by atoms with E-state index >= 15 is 0 Å². The summed E-state index contributed by atoms with van der Waals surface area (Å²) in [7, 11) is 1.84. The van der Waals surface area contributed by atoms with Crippen LogP contribution in [0.1, 0.15) is 30.4 Å². The molecular formula is C15H24N4. The van der Waals surface area contributed by atoms with Gasteiger partial charge in [0, 0.05) is 20.1 Å². The van der Waals surface area contributed by atoms with Crippen LogP contribution in [-0.2, 0) is 0 Å². The number of nitrogens with zero attached hydrogens (tertiary/aromatic N) is 2. The molecule has 0 bridgehead atoms. The highest BCUT2D eigenvalue weighted by molar-refractivity contribution is 5.81. The van der Waals surface area contributed by atoms with Gasteiger partial charge in [0.25, 0.3) is 0 Å². The second kappa shape index (κ2) is 6.45. The molecule has 0 radical (unpaired) electrons. The number of hydrogen-bond acceptors (Lipinski definition) is 2. The Balaban J connectivity index is 2.00. The topological polar surface area (TPSA) is 39.7 Å². The third-order valence-electron chi connectivity index (χ3n) is 3.65. The largest absolute Gasteiger partial charge is 0.342 e. The lowest BCUT2D eigenvalue weighted by Gasteiger charge is -2.30. The summed E-state index contributed by atoms with van der Waals surface area (Å²) in [5.74, 6) is 0.933. The van der Waals surface area contributed by atoms with Gasteiger partial charge in [0.05, 0.1) is 5.69 Å². The molecule has 0 saturated carbocycles. The van der Waals surface area contributed by atoms with Gasteiger partial charge in [-0.15, -0.1) is 0 Å². The van der Waals surface area contributed by atoms with Crippen LogP contribution in [0.15, 0.2) is 23.2 Å². The number of likely N-dealkylation sites (tertiary alicyclic amines) is 1. The molecule has 4 nitrogen and oxygen atoms in total. The Morgan fingerprint density at radius 1 is 1.11 bits per heavy atom. The molecule has 1 aromatic carbocycles. The first-order valence-corrected chi connectivity index (χ1v) is 7.02. The van der Waals surface area contributed by atoms with Gasteiger partial charge in [-0.05, 0) is 44.2 Å². The number of rotatable bonds is 2. The van der Waals surface area contributed by atoms with Gasteiger partial charge in [0.2, 0.25) is 5.96 Å². The predicted octanol–water partition coefficient (Wildman–Crippen LogP) is 2.69. The number of anilines is 1. The zero-order valence-corrected chi connectivity index (χ0v) is 12.2. The van der Waals surface area contributed by atoms with Gasteiger partial charge < -0.3 is 4.90 Å². The Bertz CT molecular complexity index is 427. The van der Waals surface area contributed by atoms with E-state index in [2.05, 4.69) is 52.8 Å². The molecular weight excluding hydrogens is 236 g/mol. The van der Waals surface area contributed by atoms with Crippen LogP contribution in [0, 0.1) is 13.8 Å². The van der Waals surface area contributed by atoms with Crippen LogP contribution in [-0.4, -0.2) is 31.0 Å². The molecule has 0 aliphatic carbocycles. The van der Waals surface area contributed by atoms with Gasteiger partial charge >= 0.3 is 0 Å². The third-order valence-corrected chi connectivity index (χ3v) is 3.65. The van der Waals surface area contributed by atoms with E-state index in [0.717, 1.165) is 24.7 Å². The van der Waals surface area contributed by atoms with Crippen LogP contribution >= 0.6 is 0 Å². The molecule has 0 atom stereocenters. The van der Waals surface area contributed by atoms with Crippen molar-refractivity contribution >= 4 is 11.6 Å². The smallest absolute Gasteiger partial charge is 0.212 e. The fourth-order valence-corrected chi connectivity index (χ4v) is 2.51. The van der Waals surface area contributed by atoms with Gasteiger partial charge in [0.1, 0.15) is 0 Å². The van der Waals surface area contributed by atoms with Crippen molar-refractivity contribution in [3.05, 3.63) is 29.3 Å². The fourth-order valence-electron chi connectivity index (χ4n) is 2.51. The lowest BCUT2D eigenvalue weighted by molar-refractivity contribution is 0.333. The highest BCUT2D eigenvalue weighted by Crippen LogP contribution is 2.18. The summed E-state index contributed by atoms with van der Waals surface area (Å²) >= 11 is 0. The maximum Gasteiger partial charge on any atom is 0.212 e. The zero-order chi connectivity index (χ0) is 13.7. The van der Waals surface area contributed by atoms with Crippen molar-refractivity contribution in [2.24, 2.45) is 4.99 Å². The molecule has 2 N–H and O–H groups in total. The van der Waals surface area contributed by atoms with E-state index in [0.29, 0.717) is 0 Å². The summed E-state index contributed by atoms with van der Waals surface area (Å²) in [6.45, 7) is 6.41. The molecule has 1 fully saturated rings. The minimum atomic E-state index is 0.933. The van der Waals surface area contributed by atoms with E-state index in [4.69, 9.17) is 0 Å². The molecule has 104 valence electrons.